The molecule has 4 nitrogen and oxygen atoms in total. The summed E-state index contributed by atoms with van der Waals surface area (Å²) in [6.07, 6.45) is 7.21. The SMILES string of the molecule is CCOC(=O)C1CCCN1CCCC1CCCO1. The number of hydrogen-bond donors (Lipinski definition) is 0. The Morgan fingerprint density at radius 1 is 1.39 bits per heavy atom. The molecule has 0 aliphatic carbocycles. The van der Waals surface area contributed by atoms with Gasteiger partial charge in [0.2, 0.25) is 0 Å². The molecule has 0 saturated carbocycles. The molecule has 2 atom stereocenters. The fourth-order valence-electron chi connectivity index (χ4n) is 2.99. The van der Waals surface area contributed by atoms with E-state index in [1.165, 1.54) is 12.8 Å². The molecule has 2 aliphatic rings. The monoisotopic (exact) mass is 255 g/mol. The Morgan fingerprint density at radius 3 is 3.00 bits per heavy atom. The highest BCUT2D eigenvalue weighted by molar-refractivity contribution is 5.76. The number of ether oxygens (including phenoxy) is 2. The van der Waals surface area contributed by atoms with Crippen molar-refractivity contribution in [2.24, 2.45) is 0 Å². The van der Waals surface area contributed by atoms with Crippen molar-refractivity contribution in [3.63, 3.8) is 0 Å². The summed E-state index contributed by atoms with van der Waals surface area (Å²) in [5.41, 5.74) is 0. The van der Waals surface area contributed by atoms with Gasteiger partial charge in [-0.15, -0.1) is 0 Å². The Hall–Kier alpha value is -0.610. The molecule has 0 amide bonds. The normalized spacial score (nSPS) is 28.7. The van der Waals surface area contributed by atoms with Gasteiger partial charge in [-0.2, -0.15) is 0 Å². The molecule has 0 radical (unpaired) electrons. The standard InChI is InChI=1S/C14H25NO3/c1-2-17-14(16)13-8-4-10-15(13)9-3-6-12-7-5-11-18-12/h12-13H,2-11H2,1H3. The highest BCUT2D eigenvalue weighted by Gasteiger charge is 2.31. The van der Waals surface area contributed by atoms with Gasteiger partial charge < -0.3 is 9.47 Å². The number of esters is 1. The molecule has 0 spiro atoms. The van der Waals surface area contributed by atoms with E-state index in [9.17, 15) is 4.79 Å². The minimum atomic E-state index is -0.0351. The quantitative estimate of drug-likeness (QED) is 0.680. The zero-order valence-electron chi connectivity index (χ0n) is 11.4. The highest BCUT2D eigenvalue weighted by Crippen LogP contribution is 2.21. The maximum absolute atomic E-state index is 11.8. The van der Waals surface area contributed by atoms with Crippen LogP contribution in [0.5, 0.6) is 0 Å². The molecule has 0 bridgehead atoms. The first-order valence-electron chi connectivity index (χ1n) is 7.33. The predicted octanol–water partition coefficient (Wildman–Crippen LogP) is 1.97. The van der Waals surface area contributed by atoms with Crippen molar-refractivity contribution in [2.45, 2.75) is 57.6 Å². The van der Waals surface area contributed by atoms with Crippen LogP contribution in [0.15, 0.2) is 0 Å². The molecule has 2 fully saturated rings. The lowest BCUT2D eigenvalue weighted by Crippen LogP contribution is -2.38. The maximum Gasteiger partial charge on any atom is 0.323 e. The third kappa shape index (κ3) is 3.69. The Balaban J connectivity index is 1.68. The van der Waals surface area contributed by atoms with E-state index in [-0.39, 0.29) is 12.0 Å². The maximum atomic E-state index is 11.8. The van der Waals surface area contributed by atoms with Crippen molar-refractivity contribution in [2.75, 3.05) is 26.3 Å². The molecule has 18 heavy (non-hydrogen) atoms. The highest BCUT2D eigenvalue weighted by atomic mass is 16.5. The molecular formula is C14H25NO3. The van der Waals surface area contributed by atoms with Gasteiger partial charge in [0.1, 0.15) is 6.04 Å². The van der Waals surface area contributed by atoms with Gasteiger partial charge in [0.15, 0.2) is 0 Å². The number of rotatable bonds is 6. The van der Waals surface area contributed by atoms with E-state index in [2.05, 4.69) is 4.90 Å². The summed E-state index contributed by atoms with van der Waals surface area (Å²) in [6, 6.07) is 0.00875. The van der Waals surface area contributed by atoms with E-state index < -0.39 is 0 Å². The number of nitrogens with zero attached hydrogens (tertiary/aromatic N) is 1. The van der Waals surface area contributed by atoms with Gasteiger partial charge in [0.25, 0.3) is 0 Å². The zero-order chi connectivity index (χ0) is 12.8. The minimum Gasteiger partial charge on any atom is -0.465 e. The van der Waals surface area contributed by atoms with Crippen LogP contribution in [0, 0.1) is 0 Å². The summed E-state index contributed by atoms with van der Waals surface area (Å²) in [4.78, 5) is 14.1. The van der Waals surface area contributed by atoms with Gasteiger partial charge in [-0.05, 0) is 58.5 Å². The molecule has 0 aromatic carbocycles. The van der Waals surface area contributed by atoms with Crippen LogP contribution >= 0.6 is 0 Å². The fraction of sp³-hybridized carbons (Fsp3) is 0.929. The topological polar surface area (TPSA) is 38.8 Å². The number of hydrogen-bond acceptors (Lipinski definition) is 4. The third-order valence-electron chi connectivity index (χ3n) is 3.92. The van der Waals surface area contributed by atoms with Crippen molar-refractivity contribution in [3.05, 3.63) is 0 Å². The van der Waals surface area contributed by atoms with Crippen LogP contribution in [0.4, 0.5) is 0 Å². The molecular weight excluding hydrogens is 230 g/mol. The Labute approximate surface area is 110 Å². The van der Waals surface area contributed by atoms with Crippen LogP contribution in [-0.2, 0) is 14.3 Å². The van der Waals surface area contributed by atoms with E-state index in [4.69, 9.17) is 9.47 Å². The lowest BCUT2D eigenvalue weighted by Gasteiger charge is -2.23. The summed E-state index contributed by atoms with van der Waals surface area (Å²) in [7, 11) is 0. The predicted molar refractivity (Wildman–Crippen MR) is 69.4 cm³/mol. The molecule has 2 heterocycles. The van der Waals surface area contributed by atoms with Gasteiger partial charge in [0.05, 0.1) is 12.7 Å². The lowest BCUT2D eigenvalue weighted by molar-refractivity contribution is -0.148. The second-order valence-corrected chi connectivity index (χ2v) is 5.22. The van der Waals surface area contributed by atoms with E-state index in [1.54, 1.807) is 0 Å². The van der Waals surface area contributed by atoms with E-state index in [1.807, 2.05) is 6.92 Å². The average molecular weight is 255 g/mol. The van der Waals surface area contributed by atoms with Crippen LogP contribution in [-0.4, -0.2) is 49.3 Å². The fourth-order valence-corrected chi connectivity index (χ4v) is 2.99. The molecule has 104 valence electrons. The summed E-state index contributed by atoms with van der Waals surface area (Å²) in [5, 5.41) is 0. The molecule has 0 aromatic rings. The van der Waals surface area contributed by atoms with Crippen molar-refractivity contribution in [3.8, 4) is 0 Å². The van der Waals surface area contributed by atoms with Crippen LogP contribution in [0.2, 0.25) is 0 Å². The largest absolute Gasteiger partial charge is 0.465 e. The molecule has 2 rings (SSSR count). The van der Waals surface area contributed by atoms with Gasteiger partial charge in [-0.3, -0.25) is 9.69 Å². The second kappa shape index (κ2) is 7.10. The Kier molecular flexibility index (Phi) is 5.45. The summed E-state index contributed by atoms with van der Waals surface area (Å²) < 4.78 is 10.8. The Morgan fingerprint density at radius 2 is 2.28 bits per heavy atom. The average Bonchev–Trinajstić information content (AvgIpc) is 3.00. The first-order chi connectivity index (χ1) is 8.81. The van der Waals surface area contributed by atoms with E-state index in [0.717, 1.165) is 45.4 Å². The van der Waals surface area contributed by atoms with Crippen molar-refractivity contribution < 1.29 is 14.3 Å². The molecule has 0 N–H and O–H groups in total. The van der Waals surface area contributed by atoms with Gasteiger partial charge in [0, 0.05) is 6.61 Å². The van der Waals surface area contributed by atoms with Gasteiger partial charge >= 0.3 is 5.97 Å². The summed E-state index contributed by atoms with van der Waals surface area (Å²) in [6.45, 7) is 5.33. The molecule has 2 aliphatic heterocycles. The lowest BCUT2D eigenvalue weighted by atomic mass is 10.1. The first kappa shape index (κ1) is 13.8. The second-order valence-electron chi connectivity index (χ2n) is 5.22. The zero-order valence-corrected chi connectivity index (χ0v) is 11.4. The van der Waals surface area contributed by atoms with Crippen LogP contribution in [0.25, 0.3) is 0 Å². The summed E-state index contributed by atoms with van der Waals surface area (Å²) >= 11 is 0. The first-order valence-corrected chi connectivity index (χ1v) is 7.33. The molecule has 0 aromatic heterocycles. The summed E-state index contributed by atoms with van der Waals surface area (Å²) in [5.74, 6) is -0.0351. The van der Waals surface area contributed by atoms with Crippen molar-refractivity contribution in [1.29, 1.82) is 0 Å². The van der Waals surface area contributed by atoms with E-state index >= 15 is 0 Å². The van der Waals surface area contributed by atoms with Crippen LogP contribution in [0.3, 0.4) is 0 Å². The number of carbonyl (C=O) groups excluding carboxylic acids is 1. The van der Waals surface area contributed by atoms with Crippen molar-refractivity contribution >= 4 is 5.97 Å². The molecule has 2 unspecified atom stereocenters. The molecule has 4 heteroatoms. The van der Waals surface area contributed by atoms with Crippen LogP contribution in [0.1, 0.15) is 45.4 Å². The third-order valence-corrected chi connectivity index (χ3v) is 3.92. The van der Waals surface area contributed by atoms with Gasteiger partial charge in [-0.1, -0.05) is 0 Å². The minimum absolute atomic E-state index is 0.00875. The number of carbonyl (C=O) groups is 1. The number of likely N-dealkylation sites (tertiary alicyclic amines) is 1. The van der Waals surface area contributed by atoms with Crippen LogP contribution < -0.4 is 0 Å². The van der Waals surface area contributed by atoms with Gasteiger partial charge in [-0.25, -0.2) is 0 Å². The van der Waals surface area contributed by atoms with Crippen molar-refractivity contribution in [1.82, 2.24) is 4.90 Å². The Bertz CT molecular complexity index is 264. The molecule has 2 saturated heterocycles. The van der Waals surface area contributed by atoms with E-state index in [0.29, 0.717) is 12.7 Å². The smallest absolute Gasteiger partial charge is 0.323 e.